The van der Waals surface area contributed by atoms with Gasteiger partial charge in [-0.2, -0.15) is 5.26 Å². The van der Waals surface area contributed by atoms with Crippen LogP contribution in [0.15, 0.2) is 110 Å². The van der Waals surface area contributed by atoms with E-state index in [1.807, 2.05) is 66.7 Å². The quantitative estimate of drug-likeness (QED) is 0.101. The lowest BCUT2D eigenvalue weighted by molar-refractivity contribution is -0.137. The third-order valence-electron chi connectivity index (χ3n) is 6.40. The van der Waals surface area contributed by atoms with Crippen molar-refractivity contribution in [1.29, 1.82) is 5.26 Å². The molecule has 5 aromatic carbocycles. The molecular weight excluding hydrogens is 506 g/mol. The summed E-state index contributed by atoms with van der Waals surface area (Å²) in [5.74, 6) is 13.5. The van der Waals surface area contributed by atoms with Crippen LogP contribution in [0, 0.1) is 35.0 Å². The Balaban J connectivity index is 1.32. The monoisotopic (exact) mass is 531 g/mol. The summed E-state index contributed by atoms with van der Waals surface area (Å²) < 4.78 is 10.8. The van der Waals surface area contributed by atoms with Crippen molar-refractivity contribution in [2.24, 2.45) is 0 Å². The molecule has 0 aliphatic rings. The summed E-state index contributed by atoms with van der Waals surface area (Å²) in [6.07, 6.45) is 1.75. The second-order valence-corrected chi connectivity index (χ2v) is 9.19. The molecule has 0 saturated heterocycles. The minimum Gasteiger partial charge on any atom is -0.493 e. The van der Waals surface area contributed by atoms with E-state index in [4.69, 9.17) is 14.7 Å². The number of nitriles is 1. The molecule has 0 aromatic heterocycles. The molecule has 41 heavy (non-hydrogen) atoms. The number of ether oxygens (including phenoxy) is 2. The van der Waals surface area contributed by atoms with Crippen molar-refractivity contribution < 1.29 is 14.3 Å². The van der Waals surface area contributed by atoms with Crippen LogP contribution in [0.2, 0.25) is 0 Å². The van der Waals surface area contributed by atoms with Gasteiger partial charge in [-0.15, -0.1) is 0 Å². The zero-order chi connectivity index (χ0) is 28.4. The van der Waals surface area contributed by atoms with Crippen molar-refractivity contribution in [3.8, 4) is 35.5 Å². The third-order valence-corrected chi connectivity index (χ3v) is 6.40. The molecule has 0 N–H and O–H groups in total. The van der Waals surface area contributed by atoms with Gasteiger partial charge in [0.15, 0.2) is 0 Å². The fraction of sp³-hybridized carbons (Fsp3) is 0.0811. The number of hydrogen-bond acceptors (Lipinski definition) is 4. The normalized spacial score (nSPS) is 10.0. The fourth-order valence-electron chi connectivity index (χ4n) is 4.30. The Hall–Kier alpha value is -5.76. The summed E-state index contributed by atoms with van der Waals surface area (Å²) in [7, 11) is 0. The van der Waals surface area contributed by atoms with Crippen LogP contribution in [0.3, 0.4) is 0 Å². The fourth-order valence-corrected chi connectivity index (χ4v) is 4.30. The molecule has 5 aromatic rings. The summed E-state index contributed by atoms with van der Waals surface area (Å²) in [6.45, 7) is 4.13. The summed E-state index contributed by atoms with van der Waals surface area (Å²) in [4.78, 5) is 11.1. The highest BCUT2D eigenvalue weighted by molar-refractivity contribution is 5.93. The summed E-state index contributed by atoms with van der Waals surface area (Å²) >= 11 is 0. The number of hydrogen-bond donors (Lipinski definition) is 0. The van der Waals surface area contributed by atoms with Gasteiger partial charge in [-0.25, -0.2) is 4.79 Å². The maximum absolute atomic E-state index is 11.1. The van der Waals surface area contributed by atoms with Gasteiger partial charge in [0.05, 0.1) is 24.8 Å². The summed E-state index contributed by atoms with van der Waals surface area (Å²) in [5.41, 5.74) is 4.26. The second kappa shape index (κ2) is 12.9. The van der Waals surface area contributed by atoms with Crippen LogP contribution in [0.1, 0.15) is 34.2 Å². The number of carbonyl (C=O) groups excluding carboxylic acids is 1. The number of benzene rings is 5. The van der Waals surface area contributed by atoms with Gasteiger partial charge in [0.25, 0.3) is 0 Å². The van der Waals surface area contributed by atoms with E-state index in [-0.39, 0.29) is 0 Å². The van der Waals surface area contributed by atoms with Gasteiger partial charge in [-0.3, -0.25) is 0 Å². The molecule has 0 spiro atoms. The standard InChI is InChI=1S/C37H25NO3/c1-2-37(39)41-23-5-22-40-34-21-20-32-24-28(14-17-33(32)25-34)13-16-31-19-18-30(35-6-3-4-7-36(31)35)15-12-27-8-10-29(26-38)11-9-27/h2-4,6-11,14,17-21,24-25H,1,5,22-23H2. The Labute approximate surface area is 239 Å². The van der Waals surface area contributed by atoms with E-state index < -0.39 is 5.97 Å². The zero-order valence-electron chi connectivity index (χ0n) is 22.3. The van der Waals surface area contributed by atoms with Gasteiger partial charge < -0.3 is 9.47 Å². The molecule has 0 unspecified atom stereocenters. The van der Waals surface area contributed by atoms with E-state index in [0.717, 1.165) is 55.6 Å². The predicted molar refractivity (Wildman–Crippen MR) is 162 cm³/mol. The molecule has 0 fully saturated rings. The second-order valence-electron chi connectivity index (χ2n) is 9.19. The van der Waals surface area contributed by atoms with Crippen LogP contribution in [0.5, 0.6) is 5.75 Å². The number of fused-ring (bicyclic) bond motifs is 2. The molecule has 0 heterocycles. The highest BCUT2D eigenvalue weighted by Gasteiger charge is 2.04. The molecule has 0 amide bonds. The third kappa shape index (κ3) is 6.82. The summed E-state index contributed by atoms with van der Waals surface area (Å²) in [6, 6.07) is 33.6. The first kappa shape index (κ1) is 26.8. The molecule has 0 bridgehead atoms. The molecule has 0 atom stereocenters. The van der Waals surface area contributed by atoms with Crippen molar-refractivity contribution >= 4 is 27.5 Å². The summed E-state index contributed by atoms with van der Waals surface area (Å²) in [5, 5.41) is 13.2. The van der Waals surface area contributed by atoms with E-state index in [2.05, 4.69) is 54.5 Å². The largest absolute Gasteiger partial charge is 0.493 e. The minimum absolute atomic E-state index is 0.296. The first-order chi connectivity index (χ1) is 20.1. The smallest absolute Gasteiger partial charge is 0.330 e. The molecule has 0 saturated carbocycles. The molecule has 4 heteroatoms. The maximum Gasteiger partial charge on any atom is 0.330 e. The van der Waals surface area contributed by atoms with Crippen molar-refractivity contribution in [1.82, 2.24) is 0 Å². The lowest BCUT2D eigenvalue weighted by atomic mass is 9.99. The Morgan fingerprint density at radius 2 is 1.32 bits per heavy atom. The molecule has 5 rings (SSSR count). The van der Waals surface area contributed by atoms with Crippen molar-refractivity contribution in [2.75, 3.05) is 13.2 Å². The van der Waals surface area contributed by atoms with Crippen molar-refractivity contribution in [2.45, 2.75) is 6.42 Å². The van der Waals surface area contributed by atoms with E-state index in [1.54, 1.807) is 12.1 Å². The average Bonchev–Trinajstić information content (AvgIpc) is 3.02. The van der Waals surface area contributed by atoms with Gasteiger partial charge in [-0.05, 0) is 82.2 Å². The van der Waals surface area contributed by atoms with E-state index in [1.165, 1.54) is 0 Å². The van der Waals surface area contributed by atoms with E-state index in [0.29, 0.717) is 25.2 Å². The first-order valence-electron chi connectivity index (χ1n) is 13.1. The van der Waals surface area contributed by atoms with Gasteiger partial charge in [-0.1, -0.05) is 66.7 Å². The number of esters is 1. The average molecular weight is 532 g/mol. The van der Waals surface area contributed by atoms with Crippen LogP contribution in [-0.2, 0) is 9.53 Å². The van der Waals surface area contributed by atoms with Crippen molar-refractivity contribution in [3.05, 3.63) is 138 Å². The number of rotatable bonds is 6. The SMILES string of the molecule is C=CC(=O)OCCCOc1ccc2cc(C#Cc3ccc(C#Cc4ccc(C#N)cc4)c4ccccc34)ccc2c1. The first-order valence-corrected chi connectivity index (χ1v) is 13.1. The van der Waals surface area contributed by atoms with Gasteiger partial charge in [0.1, 0.15) is 5.75 Å². The Morgan fingerprint density at radius 1 is 0.707 bits per heavy atom. The van der Waals surface area contributed by atoms with Crippen LogP contribution in [0.4, 0.5) is 0 Å². The molecule has 0 aliphatic carbocycles. The Bertz CT molecular complexity index is 1920. The Morgan fingerprint density at radius 3 is 2.00 bits per heavy atom. The van der Waals surface area contributed by atoms with Gasteiger partial charge in [0.2, 0.25) is 0 Å². The topological polar surface area (TPSA) is 59.3 Å². The highest BCUT2D eigenvalue weighted by atomic mass is 16.5. The Kier molecular flexibility index (Phi) is 8.42. The van der Waals surface area contributed by atoms with E-state index in [9.17, 15) is 4.79 Å². The number of nitrogens with zero attached hydrogens (tertiary/aromatic N) is 1. The molecule has 196 valence electrons. The molecule has 4 nitrogen and oxygen atoms in total. The molecular formula is C37H25NO3. The van der Waals surface area contributed by atoms with Crippen LogP contribution in [0.25, 0.3) is 21.5 Å². The van der Waals surface area contributed by atoms with Crippen LogP contribution in [-0.4, -0.2) is 19.2 Å². The van der Waals surface area contributed by atoms with Crippen LogP contribution >= 0.6 is 0 Å². The molecule has 0 radical (unpaired) electrons. The minimum atomic E-state index is -0.426. The van der Waals surface area contributed by atoms with Gasteiger partial charge >= 0.3 is 5.97 Å². The lowest BCUT2D eigenvalue weighted by Crippen LogP contribution is -2.06. The predicted octanol–water partition coefficient (Wildman–Crippen LogP) is 7.16. The maximum atomic E-state index is 11.1. The molecule has 0 aliphatic heterocycles. The van der Waals surface area contributed by atoms with Crippen LogP contribution < -0.4 is 4.74 Å². The van der Waals surface area contributed by atoms with E-state index >= 15 is 0 Å². The zero-order valence-corrected chi connectivity index (χ0v) is 22.3. The highest BCUT2D eigenvalue weighted by Crippen LogP contribution is 2.24. The van der Waals surface area contributed by atoms with Gasteiger partial charge in [0, 0.05) is 34.8 Å². The van der Waals surface area contributed by atoms with Crippen molar-refractivity contribution in [3.63, 3.8) is 0 Å². The lowest BCUT2D eigenvalue weighted by Gasteiger charge is -2.08. The number of carbonyl (C=O) groups is 1.